The predicted octanol–water partition coefficient (Wildman–Crippen LogP) is 1.70. The Balaban J connectivity index is 2.33. The lowest BCUT2D eigenvalue weighted by atomic mass is 10.2. The summed E-state index contributed by atoms with van der Waals surface area (Å²) < 4.78 is 23.5. The number of halogens is 1. The van der Waals surface area contributed by atoms with Crippen molar-refractivity contribution in [1.82, 2.24) is 15.0 Å². The van der Waals surface area contributed by atoms with Crippen LogP contribution < -0.4 is 15.2 Å². The third-order valence-corrected chi connectivity index (χ3v) is 2.08. The van der Waals surface area contributed by atoms with Crippen LogP contribution in [0.3, 0.4) is 0 Å². The Morgan fingerprint density at radius 1 is 1.17 bits per heavy atom. The first-order valence-electron chi connectivity index (χ1n) is 5.08. The number of benzene rings is 1. The fourth-order valence-electron chi connectivity index (χ4n) is 1.28. The Morgan fingerprint density at radius 2 is 1.89 bits per heavy atom. The minimum atomic E-state index is -0.515. The number of aromatic nitrogens is 3. The van der Waals surface area contributed by atoms with Crippen LogP contribution in [0.1, 0.15) is 5.56 Å². The predicted molar refractivity (Wildman–Crippen MR) is 62.0 cm³/mol. The van der Waals surface area contributed by atoms with Gasteiger partial charge in [-0.1, -0.05) is 6.07 Å². The highest BCUT2D eigenvalue weighted by Gasteiger charge is 2.10. The third-order valence-electron chi connectivity index (χ3n) is 2.08. The zero-order valence-corrected chi connectivity index (χ0v) is 9.85. The molecule has 0 saturated heterocycles. The number of aryl methyl sites for hydroxylation is 1. The summed E-state index contributed by atoms with van der Waals surface area (Å²) in [6, 6.07) is 4.34. The molecule has 7 heteroatoms. The monoisotopic (exact) mass is 250 g/mol. The molecule has 18 heavy (non-hydrogen) atoms. The van der Waals surface area contributed by atoms with Crippen molar-refractivity contribution in [3.63, 3.8) is 0 Å². The molecule has 1 aromatic carbocycles. The summed E-state index contributed by atoms with van der Waals surface area (Å²) >= 11 is 0. The van der Waals surface area contributed by atoms with Crippen molar-refractivity contribution in [2.75, 3.05) is 12.8 Å². The largest absolute Gasteiger partial charge is 0.467 e. The van der Waals surface area contributed by atoms with Gasteiger partial charge in [-0.25, -0.2) is 4.39 Å². The summed E-state index contributed by atoms with van der Waals surface area (Å²) in [5.41, 5.74) is 6.29. The SMILES string of the molecule is COc1nc(N)nc(Oc2cc(C)ccc2F)n1. The van der Waals surface area contributed by atoms with Crippen molar-refractivity contribution in [2.24, 2.45) is 0 Å². The summed E-state index contributed by atoms with van der Waals surface area (Å²) in [4.78, 5) is 11.2. The number of anilines is 1. The molecule has 0 bridgehead atoms. The number of rotatable bonds is 3. The van der Waals surface area contributed by atoms with Crippen LogP contribution in [0, 0.1) is 12.7 Å². The molecule has 1 aromatic heterocycles. The van der Waals surface area contributed by atoms with Gasteiger partial charge in [0, 0.05) is 0 Å². The van der Waals surface area contributed by atoms with E-state index in [1.807, 2.05) is 6.92 Å². The van der Waals surface area contributed by atoms with E-state index in [0.29, 0.717) is 0 Å². The second-order valence-electron chi connectivity index (χ2n) is 3.50. The quantitative estimate of drug-likeness (QED) is 0.892. The molecule has 0 aliphatic carbocycles. The average molecular weight is 250 g/mol. The highest BCUT2D eigenvalue weighted by molar-refractivity contribution is 5.32. The molecule has 2 N–H and O–H groups in total. The zero-order valence-electron chi connectivity index (χ0n) is 9.85. The van der Waals surface area contributed by atoms with Gasteiger partial charge in [0.25, 0.3) is 0 Å². The standard InChI is InChI=1S/C11H11FN4O2/c1-6-3-4-7(12)8(5-6)18-11-15-9(13)14-10(16-11)17-2/h3-5H,1-2H3,(H2,13,14,15,16). The van der Waals surface area contributed by atoms with Gasteiger partial charge in [0.1, 0.15) is 0 Å². The zero-order chi connectivity index (χ0) is 13.1. The summed E-state index contributed by atoms with van der Waals surface area (Å²) in [7, 11) is 1.38. The topological polar surface area (TPSA) is 83.2 Å². The normalized spacial score (nSPS) is 10.2. The van der Waals surface area contributed by atoms with Crippen molar-refractivity contribution in [1.29, 1.82) is 0 Å². The van der Waals surface area contributed by atoms with Gasteiger partial charge in [0.15, 0.2) is 11.6 Å². The van der Waals surface area contributed by atoms with E-state index in [1.54, 1.807) is 6.07 Å². The molecular weight excluding hydrogens is 239 g/mol. The number of hydrogen-bond donors (Lipinski definition) is 1. The molecule has 6 nitrogen and oxygen atoms in total. The van der Waals surface area contributed by atoms with E-state index in [9.17, 15) is 4.39 Å². The third kappa shape index (κ3) is 2.62. The van der Waals surface area contributed by atoms with Crippen molar-refractivity contribution < 1.29 is 13.9 Å². The first-order valence-corrected chi connectivity index (χ1v) is 5.08. The van der Waals surface area contributed by atoms with Crippen molar-refractivity contribution in [3.05, 3.63) is 29.6 Å². The first kappa shape index (κ1) is 12.0. The number of hydrogen-bond acceptors (Lipinski definition) is 6. The van der Waals surface area contributed by atoms with Gasteiger partial charge in [0.05, 0.1) is 7.11 Å². The average Bonchev–Trinajstić information content (AvgIpc) is 2.33. The minimum absolute atomic E-state index is 0.00515. The Labute approximate surface area is 103 Å². The van der Waals surface area contributed by atoms with Gasteiger partial charge < -0.3 is 15.2 Å². The Morgan fingerprint density at radius 3 is 2.61 bits per heavy atom. The van der Waals surface area contributed by atoms with E-state index >= 15 is 0 Å². The van der Waals surface area contributed by atoms with Crippen molar-refractivity contribution in [3.8, 4) is 17.8 Å². The van der Waals surface area contributed by atoms with E-state index < -0.39 is 5.82 Å². The maximum Gasteiger partial charge on any atom is 0.330 e. The first-order chi connectivity index (χ1) is 8.58. The number of ether oxygens (including phenoxy) is 2. The molecular formula is C11H11FN4O2. The van der Waals surface area contributed by atoms with Crippen LogP contribution in [-0.2, 0) is 0 Å². The molecule has 0 saturated carbocycles. The van der Waals surface area contributed by atoms with Gasteiger partial charge in [-0.2, -0.15) is 9.97 Å². The molecule has 0 amide bonds. The molecule has 0 unspecified atom stereocenters. The van der Waals surface area contributed by atoms with Gasteiger partial charge in [-0.3, -0.25) is 0 Å². The maximum absolute atomic E-state index is 13.5. The summed E-state index contributed by atoms with van der Waals surface area (Å²) in [5, 5.41) is 0. The maximum atomic E-state index is 13.5. The van der Waals surface area contributed by atoms with E-state index in [4.69, 9.17) is 15.2 Å². The Hall–Kier alpha value is -2.44. The minimum Gasteiger partial charge on any atom is -0.467 e. The van der Waals surface area contributed by atoms with Crippen molar-refractivity contribution in [2.45, 2.75) is 6.92 Å². The lowest BCUT2D eigenvalue weighted by molar-refractivity contribution is 0.355. The molecule has 0 atom stereocenters. The van der Waals surface area contributed by atoms with Crippen LogP contribution >= 0.6 is 0 Å². The number of methoxy groups -OCH3 is 1. The summed E-state index contributed by atoms with van der Waals surface area (Å²) in [6.07, 6.45) is 0. The highest BCUT2D eigenvalue weighted by atomic mass is 19.1. The van der Waals surface area contributed by atoms with Gasteiger partial charge in [-0.15, -0.1) is 4.98 Å². The molecule has 2 aromatic rings. The lowest BCUT2D eigenvalue weighted by Crippen LogP contribution is -2.03. The second-order valence-corrected chi connectivity index (χ2v) is 3.50. The fraction of sp³-hybridized carbons (Fsp3) is 0.182. The molecule has 0 fully saturated rings. The van der Waals surface area contributed by atoms with E-state index in [1.165, 1.54) is 19.2 Å². The molecule has 0 aliphatic heterocycles. The summed E-state index contributed by atoms with van der Waals surface area (Å²) in [6.45, 7) is 1.81. The molecule has 0 spiro atoms. The molecule has 2 rings (SSSR count). The highest BCUT2D eigenvalue weighted by Crippen LogP contribution is 2.24. The van der Waals surface area contributed by atoms with Gasteiger partial charge in [0.2, 0.25) is 5.95 Å². The number of nitrogens with two attached hydrogens (primary N) is 1. The van der Waals surface area contributed by atoms with Crippen LogP contribution in [-0.4, -0.2) is 22.1 Å². The fourth-order valence-corrected chi connectivity index (χ4v) is 1.28. The van der Waals surface area contributed by atoms with E-state index in [-0.39, 0.29) is 23.7 Å². The Bertz CT molecular complexity index is 577. The number of nitrogens with zero attached hydrogens (tertiary/aromatic N) is 3. The van der Waals surface area contributed by atoms with Gasteiger partial charge in [-0.05, 0) is 24.6 Å². The molecule has 0 aliphatic rings. The lowest BCUT2D eigenvalue weighted by Gasteiger charge is -2.07. The van der Waals surface area contributed by atoms with Crippen LogP contribution in [0.25, 0.3) is 0 Å². The van der Waals surface area contributed by atoms with Crippen LogP contribution in [0.4, 0.5) is 10.3 Å². The Kier molecular flexibility index (Phi) is 3.22. The van der Waals surface area contributed by atoms with Gasteiger partial charge >= 0.3 is 12.0 Å². The molecule has 94 valence electrons. The van der Waals surface area contributed by atoms with Crippen LogP contribution in [0.5, 0.6) is 17.8 Å². The van der Waals surface area contributed by atoms with E-state index in [0.717, 1.165) is 5.56 Å². The molecule has 1 heterocycles. The molecule has 0 radical (unpaired) electrons. The summed E-state index contributed by atoms with van der Waals surface area (Å²) in [5.74, 6) is -0.564. The van der Waals surface area contributed by atoms with Crippen molar-refractivity contribution >= 4 is 5.95 Å². The van der Waals surface area contributed by atoms with Crippen LogP contribution in [0.2, 0.25) is 0 Å². The van der Waals surface area contributed by atoms with E-state index in [2.05, 4.69) is 15.0 Å². The smallest absolute Gasteiger partial charge is 0.330 e. The number of nitrogen functional groups attached to an aromatic ring is 1. The second kappa shape index (κ2) is 4.82. The van der Waals surface area contributed by atoms with Crippen LogP contribution in [0.15, 0.2) is 18.2 Å².